The summed E-state index contributed by atoms with van der Waals surface area (Å²) in [5, 5.41) is 3.14. The number of hydrogen-bond donors (Lipinski definition) is 1. The minimum atomic E-state index is -0.173. The van der Waals surface area contributed by atoms with E-state index in [1.165, 1.54) is 7.11 Å². The average molecular weight is 173 g/mol. The van der Waals surface area contributed by atoms with E-state index in [1.54, 1.807) is 7.11 Å². The van der Waals surface area contributed by atoms with Crippen LogP contribution in [0.5, 0.6) is 0 Å². The number of carbonyl (C=O) groups excluding carboxylic acids is 1. The highest BCUT2D eigenvalue weighted by molar-refractivity contribution is 5.76. The van der Waals surface area contributed by atoms with Gasteiger partial charge in [0.15, 0.2) is 0 Å². The molecule has 0 aromatic heterocycles. The first-order valence-electron chi connectivity index (χ1n) is 4.10. The van der Waals surface area contributed by atoms with Gasteiger partial charge in [-0.2, -0.15) is 0 Å². The number of nitrogens with one attached hydrogen (secondary N) is 1. The van der Waals surface area contributed by atoms with Crippen LogP contribution >= 0.6 is 0 Å². The van der Waals surface area contributed by atoms with Gasteiger partial charge in [-0.05, 0) is 12.8 Å². The fourth-order valence-electron chi connectivity index (χ4n) is 1.48. The summed E-state index contributed by atoms with van der Waals surface area (Å²) in [7, 11) is 3.07. The molecule has 2 atom stereocenters. The Hall–Kier alpha value is -0.610. The molecule has 70 valence electrons. The lowest BCUT2D eigenvalue weighted by Crippen LogP contribution is -2.38. The number of esters is 1. The molecule has 0 spiro atoms. The number of hydrogen-bond acceptors (Lipinski definition) is 4. The molecule has 0 aromatic rings. The minimum absolute atomic E-state index is 0.129. The first kappa shape index (κ1) is 9.48. The Bertz CT molecular complexity index is 160. The van der Waals surface area contributed by atoms with Gasteiger partial charge in [0.2, 0.25) is 0 Å². The molecule has 1 saturated heterocycles. The molecule has 1 aliphatic heterocycles. The van der Waals surface area contributed by atoms with Crippen LogP contribution in [0.4, 0.5) is 0 Å². The van der Waals surface area contributed by atoms with E-state index in [4.69, 9.17) is 4.74 Å². The largest absolute Gasteiger partial charge is 0.468 e. The fourth-order valence-corrected chi connectivity index (χ4v) is 1.48. The van der Waals surface area contributed by atoms with E-state index < -0.39 is 0 Å². The van der Waals surface area contributed by atoms with Gasteiger partial charge in [0.1, 0.15) is 6.04 Å². The summed E-state index contributed by atoms with van der Waals surface area (Å²) in [6.07, 6.45) is 1.83. The Morgan fingerprint density at radius 3 is 2.83 bits per heavy atom. The van der Waals surface area contributed by atoms with Crippen molar-refractivity contribution >= 4 is 5.97 Å². The maximum atomic E-state index is 11.0. The molecule has 1 fully saturated rings. The van der Waals surface area contributed by atoms with Crippen LogP contribution in [0, 0.1) is 0 Å². The second-order valence-corrected chi connectivity index (χ2v) is 2.97. The first-order chi connectivity index (χ1) is 5.77. The number of ether oxygens (including phenoxy) is 2. The lowest BCUT2D eigenvalue weighted by molar-refractivity contribution is -0.142. The molecule has 4 heteroatoms. The van der Waals surface area contributed by atoms with Crippen molar-refractivity contribution in [2.45, 2.75) is 24.9 Å². The van der Waals surface area contributed by atoms with Crippen LogP contribution in [0.15, 0.2) is 0 Å². The third kappa shape index (κ3) is 2.19. The van der Waals surface area contributed by atoms with Gasteiger partial charge in [-0.1, -0.05) is 0 Å². The molecule has 1 N–H and O–H groups in total. The maximum absolute atomic E-state index is 11.0. The third-order valence-electron chi connectivity index (χ3n) is 2.09. The minimum Gasteiger partial charge on any atom is -0.468 e. The molecule has 0 aromatic carbocycles. The second-order valence-electron chi connectivity index (χ2n) is 2.97. The van der Waals surface area contributed by atoms with Crippen LogP contribution in [0.1, 0.15) is 12.8 Å². The summed E-state index contributed by atoms with van der Waals surface area (Å²) < 4.78 is 9.59. The summed E-state index contributed by atoms with van der Waals surface area (Å²) in [6.45, 7) is 0.660. The van der Waals surface area contributed by atoms with Crippen molar-refractivity contribution in [1.82, 2.24) is 5.32 Å². The molecule has 0 saturated carbocycles. The van der Waals surface area contributed by atoms with E-state index >= 15 is 0 Å². The SMILES string of the molecule is COC[C@@H]1CC[C@@H](C(=O)OC)N1. The van der Waals surface area contributed by atoms with Crippen LogP contribution in [0.25, 0.3) is 0 Å². The van der Waals surface area contributed by atoms with Crippen LogP contribution < -0.4 is 5.32 Å². The van der Waals surface area contributed by atoms with Crippen LogP contribution in [-0.2, 0) is 14.3 Å². The van der Waals surface area contributed by atoms with Crippen molar-refractivity contribution in [1.29, 1.82) is 0 Å². The first-order valence-corrected chi connectivity index (χ1v) is 4.10. The summed E-state index contributed by atoms with van der Waals surface area (Å²) in [6, 6.07) is 0.175. The number of methoxy groups -OCH3 is 2. The summed E-state index contributed by atoms with van der Waals surface area (Å²) >= 11 is 0. The van der Waals surface area contributed by atoms with Gasteiger partial charge in [-0.15, -0.1) is 0 Å². The molecule has 0 amide bonds. The molecule has 1 aliphatic rings. The van der Waals surface area contributed by atoms with Crippen LogP contribution in [-0.4, -0.2) is 38.9 Å². The van der Waals surface area contributed by atoms with Crippen LogP contribution in [0.3, 0.4) is 0 Å². The van der Waals surface area contributed by atoms with Gasteiger partial charge >= 0.3 is 5.97 Å². The zero-order chi connectivity index (χ0) is 8.97. The summed E-state index contributed by atoms with van der Waals surface area (Å²) in [5.41, 5.74) is 0. The predicted octanol–water partition coefficient (Wildman–Crippen LogP) is -0.0736. The topological polar surface area (TPSA) is 47.6 Å². The van der Waals surface area contributed by atoms with E-state index in [1.807, 2.05) is 0 Å². The van der Waals surface area contributed by atoms with Gasteiger partial charge in [0.05, 0.1) is 13.7 Å². The monoisotopic (exact) mass is 173 g/mol. The summed E-state index contributed by atoms with van der Waals surface area (Å²) in [4.78, 5) is 11.0. The van der Waals surface area contributed by atoms with Crippen molar-refractivity contribution in [2.75, 3.05) is 20.8 Å². The molecular formula is C8H15NO3. The highest BCUT2D eigenvalue weighted by Gasteiger charge is 2.29. The van der Waals surface area contributed by atoms with Crippen molar-refractivity contribution < 1.29 is 14.3 Å². The van der Waals surface area contributed by atoms with Crippen molar-refractivity contribution in [3.05, 3.63) is 0 Å². The highest BCUT2D eigenvalue weighted by Crippen LogP contribution is 2.13. The Morgan fingerprint density at radius 1 is 1.50 bits per heavy atom. The molecule has 12 heavy (non-hydrogen) atoms. The van der Waals surface area contributed by atoms with Crippen molar-refractivity contribution in [3.8, 4) is 0 Å². The molecule has 1 rings (SSSR count). The zero-order valence-electron chi connectivity index (χ0n) is 7.50. The molecule has 0 bridgehead atoms. The third-order valence-corrected chi connectivity index (χ3v) is 2.09. The highest BCUT2D eigenvalue weighted by atomic mass is 16.5. The van der Waals surface area contributed by atoms with Crippen molar-refractivity contribution in [2.24, 2.45) is 0 Å². The molecule has 4 nitrogen and oxygen atoms in total. The van der Waals surface area contributed by atoms with E-state index in [0.717, 1.165) is 12.8 Å². The van der Waals surface area contributed by atoms with E-state index in [2.05, 4.69) is 10.1 Å². The average Bonchev–Trinajstić information content (AvgIpc) is 2.52. The Labute approximate surface area is 72.2 Å². The second kappa shape index (κ2) is 4.42. The Morgan fingerprint density at radius 2 is 2.25 bits per heavy atom. The maximum Gasteiger partial charge on any atom is 0.322 e. The Kier molecular flexibility index (Phi) is 3.49. The van der Waals surface area contributed by atoms with Gasteiger partial charge < -0.3 is 9.47 Å². The van der Waals surface area contributed by atoms with Gasteiger partial charge in [0.25, 0.3) is 0 Å². The van der Waals surface area contributed by atoms with Gasteiger partial charge in [0, 0.05) is 13.2 Å². The number of rotatable bonds is 3. The molecular weight excluding hydrogens is 158 g/mol. The van der Waals surface area contributed by atoms with Gasteiger partial charge in [-0.3, -0.25) is 10.1 Å². The number of carbonyl (C=O) groups is 1. The predicted molar refractivity (Wildman–Crippen MR) is 43.8 cm³/mol. The van der Waals surface area contributed by atoms with E-state index in [-0.39, 0.29) is 12.0 Å². The molecule has 0 aliphatic carbocycles. The molecule has 1 heterocycles. The summed E-state index contributed by atoms with van der Waals surface area (Å²) in [5.74, 6) is -0.173. The molecule has 0 unspecified atom stereocenters. The lowest BCUT2D eigenvalue weighted by atomic mass is 10.2. The normalized spacial score (nSPS) is 28.8. The quantitative estimate of drug-likeness (QED) is 0.607. The van der Waals surface area contributed by atoms with E-state index in [0.29, 0.717) is 12.6 Å². The molecule has 0 radical (unpaired) electrons. The van der Waals surface area contributed by atoms with E-state index in [9.17, 15) is 4.79 Å². The fraction of sp³-hybridized carbons (Fsp3) is 0.875. The van der Waals surface area contributed by atoms with Gasteiger partial charge in [-0.25, -0.2) is 0 Å². The standard InChI is InChI=1S/C8H15NO3/c1-11-5-6-3-4-7(9-6)8(10)12-2/h6-7,9H,3-5H2,1-2H3/t6-,7-/m0/s1. The zero-order valence-corrected chi connectivity index (χ0v) is 7.50. The van der Waals surface area contributed by atoms with Crippen molar-refractivity contribution in [3.63, 3.8) is 0 Å². The Balaban J connectivity index is 2.30. The van der Waals surface area contributed by atoms with Crippen LogP contribution in [0.2, 0.25) is 0 Å². The smallest absolute Gasteiger partial charge is 0.322 e. The lowest BCUT2D eigenvalue weighted by Gasteiger charge is -2.11.